The second kappa shape index (κ2) is 8.03. The summed E-state index contributed by atoms with van der Waals surface area (Å²) < 4.78 is 14.0. The first-order valence-corrected chi connectivity index (χ1v) is 10.6. The molecule has 2 amide bonds. The van der Waals surface area contributed by atoms with Crippen molar-refractivity contribution in [3.05, 3.63) is 29.6 Å². The van der Waals surface area contributed by atoms with Gasteiger partial charge >= 0.3 is 0 Å². The van der Waals surface area contributed by atoms with Crippen LogP contribution in [0.2, 0.25) is 0 Å². The lowest BCUT2D eigenvalue weighted by Gasteiger charge is -2.44. The number of halogens is 1. The minimum absolute atomic E-state index is 0. The Balaban J connectivity index is 0.00000256. The van der Waals surface area contributed by atoms with Gasteiger partial charge in [0.05, 0.1) is 7.11 Å². The van der Waals surface area contributed by atoms with Gasteiger partial charge in [-0.25, -0.2) is 9.87 Å². The van der Waals surface area contributed by atoms with Crippen LogP contribution in [0.5, 0.6) is 0 Å². The Hall–Kier alpha value is -1.99. The molecular weight excluding hydrogens is 373 g/mol. The van der Waals surface area contributed by atoms with E-state index in [0.29, 0.717) is 12.6 Å². The second-order valence-electron chi connectivity index (χ2n) is 8.76. The Kier molecular flexibility index (Phi) is 5.62. The van der Waals surface area contributed by atoms with Crippen LogP contribution in [0.1, 0.15) is 52.4 Å². The van der Waals surface area contributed by atoms with Gasteiger partial charge in [0.25, 0.3) is 0 Å². The highest BCUT2D eigenvalue weighted by atomic mass is 19.1. The maximum absolute atomic E-state index is 14.0. The number of fused-ring (bicyclic) bond motifs is 2. The number of rotatable bonds is 3. The number of benzene rings is 1. The number of carbonyl (C=O) groups is 2. The molecule has 1 aromatic rings. The number of amides is 2. The predicted molar refractivity (Wildman–Crippen MR) is 110 cm³/mol. The van der Waals surface area contributed by atoms with Crippen molar-refractivity contribution in [3.8, 4) is 0 Å². The number of nitrogens with one attached hydrogen (secondary N) is 1. The lowest BCUT2D eigenvalue weighted by Crippen LogP contribution is -2.50. The molecule has 1 N–H and O–H groups in total. The van der Waals surface area contributed by atoms with E-state index < -0.39 is 0 Å². The first kappa shape index (κ1) is 20.3. The summed E-state index contributed by atoms with van der Waals surface area (Å²) in [6, 6.07) is 5.32. The van der Waals surface area contributed by atoms with E-state index in [1.807, 2.05) is 4.90 Å². The Morgan fingerprint density at radius 3 is 2.52 bits per heavy atom. The summed E-state index contributed by atoms with van der Waals surface area (Å²) in [4.78, 5) is 33.2. The van der Waals surface area contributed by atoms with Crippen LogP contribution in [0.15, 0.2) is 18.2 Å². The van der Waals surface area contributed by atoms with Crippen molar-refractivity contribution in [1.29, 1.82) is 0 Å². The number of likely N-dealkylation sites (tertiary alicyclic amines) is 1. The number of anilines is 1. The van der Waals surface area contributed by atoms with Gasteiger partial charge in [-0.15, -0.1) is 0 Å². The average molecular weight is 406 g/mol. The van der Waals surface area contributed by atoms with E-state index in [1.54, 1.807) is 19.1 Å². The van der Waals surface area contributed by atoms with Gasteiger partial charge in [-0.3, -0.25) is 14.4 Å². The summed E-state index contributed by atoms with van der Waals surface area (Å²) in [6.07, 6.45) is 5.65. The molecule has 1 aliphatic carbocycles. The maximum atomic E-state index is 14.0. The molecule has 6 nitrogen and oxygen atoms in total. The Labute approximate surface area is 172 Å². The number of carbonyl (C=O) groups excluding carboxylic acids is 2. The minimum atomic E-state index is -0.233. The molecule has 1 spiro atoms. The molecule has 2 fully saturated rings. The van der Waals surface area contributed by atoms with E-state index in [4.69, 9.17) is 4.84 Å². The summed E-state index contributed by atoms with van der Waals surface area (Å²) in [5.41, 5.74) is 4.18. The average Bonchev–Trinajstić information content (AvgIpc) is 3.03. The molecular formula is C22H32FN3O3. The summed E-state index contributed by atoms with van der Waals surface area (Å²) in [5, 5.41) is 0. The minimum Gasteiger partial charge on any atom is -0.311 e. The van der Waals surface area contributed by atoms with Crippen LogP contribution < -0.4 is 10.4 Å². The second-order valence-corrected chi connectivity index (χ2v) is 8.76. The van der Waals surface area contributed by atoms with E-state index in [2.05, 4.69) is 10.4 Å². The molecule has 1 saturated carbocycles. The van der Waals surface area contributed by atoms with E-state index in [0.717, 1.165) is 62.9 Å². The number of nitrogens with zero attached hydrogens (tertiary/aromatic N) is 2. The summed E-state index contributed by atoms with van der Waals surface area (Å²) in [5.74, 6) is -0.193. The highest BCUT2D eigenvalue weighted by molar-refractivity contribution is 5.94. The van der Waals surface area contributed by atoms with Crippen LogP contribution in [0.3, 0.4) is 0 Å². The fourth-order valence-electron chi connectivity index (χ4n) is 5.55. The standard InChI is InChI=1S/C22H30FN3O3.H2/c1-15(27)26-14-22(19-13-17(23)5-8-20(19)26)9-11-25(12-10-22)18-6-3-16(4-7-18)21(28)24-29-2;/h5,8,13,16,18H,3-4,6-7,9-12,14H2,1-2H3,(H,24,28);1H. The smallest absolute Gasteiger partial charge is 0.246 e. The maximum Gasteiger partial charge on any atom is 0.246 e. The van der Waals surface area contributed by atoms with Gasteiger partial charge in [0.15, 0.2) is 0 Å². The van der Waals surface area contributed by atoms with Gasteiger partial charge in [0.2, 0.25) is 11.8 Å². The predicted octanol–water partition coefficient (Wildman–Crippen LogP) is 3.01. The van der Waals surface area contributed by atoms with Gasteiger partial charge in [-0.2, -0.15) is 0 Å². The zero-order valence-electron chi connectivity index (χ0n) is 17.2. The summed E-state index contributed by atoms with van der Waals surface area (Å²) >= 11 is 0. The number of hydrogen-bond donors (Lipinski definition) is 1. The third-order valence-electron chi connectivity index (χ3n) is 7.20. The highest BCUT2D eigenvalue weighted by Gasteiger charge is 2.46. The van der Waals surface area contributed by atoms with E-state index in [9.17, 15) is 14.0 Å². The normalized spacial score (nSPS) is 26.4. The van der Waals surface area contributed by atoms with Crippen molar-refractivity contribution in [3.63, 3.8) is 0 Å². The Morgan fingerprint density at radius 1 is 1.21 bits per heavy atom. The largest absolute Gasteiger partial charge is 0.311 e. The molecule has 0 bridgehead atoms. The third kappa shape index (κ3) is 3.78. The third-order valence-corrected chi connectivity index (χ3v) is 7.20. The van der Waals surface area contributed by atoms with Crippen LogP contribution in [-0.2, 0) is 19.8 Å². The van der Waals surface area contributed by atoms with E-state index >= 15 is 0 Å². The SMILES string of the molecule is CONC(=O)C1CCC(N2CCC3(CC2)CN(C(C)=O)c2ccc(F)cc23)CC1.[HH]. The van der Waals surface area contributed by atoms with Crippen LogP contribution in [-0.4, -0.2) is 49.5 Å². The molecule has 0 atom stereocenters. The van der Waals surface area contributed by atoms with Crippen molar-refractivity contribution < 1.29 is 20.2 Å². The Bertz CT molecular complexity index is 790. The molecule has 0 radical (unpaired) electrons. The molecule has 7 heteroatoms. The summed E-state index contributed by atoms with van der Waals surface area (Å²) in [6.45, 7) is 4.13. The fraction of sp³-hybridized carbons (Fsp3) is 0.636. The van der Waals surface area contributed by atoms with E-state index in [-0.39, 0.29) is 30.4 Å². The molecule has 4 rings (SSSR count). The van der Waals surface area contributed by atoms with Gasteiger partial charge in [-0.1, -0.05) is 0 Å². The topological polar surface area (TPSA) is 61.9 Å². The quantitative estimate of drug-likeness (QED) is 0.786. The van der Waals surface area contributed by atoms with Crippen molar-refractivity contribution >= 4 is 17.5 Å². The van der Waals surface area contributed by atoms with Crippen LogP contribution in [0.4, 0.5) is 10.1 Å². The van der Waals surface area contributed by atoms with Crippen molar-refractivity contribution in [2.24, 2.45) is 5.92 Å². The lowest BCUT2D eigenvalue weighted by atomic mass is 9.73. The molecule has 160 valence electrons. The molecule has 2 heterocycles. The van der Waals surface area contributed by atoms with Crippen LogP contribution in [0, 0.1) is 11.7 Å². The zero-order valence-corrected chi connectivity index (χ0v) is 17.2. The molecule has 3 aliphatic rings. The van der Waals surface area contributed by atoms with E-state index in [1.165, 1.54) is 13.2 Å². The molecule has 2 aliphatic heterocycles. The van der Waals surface area contributed by atoms with Crippen molar-refractivity contribution in [2.75, 3.05) is 31.6 Å². The van der Waals surface area contributed by atoms with Gasteiger partial charge in [0, 0.05) is 38.0 Å². The number of piperidine rings is 1. The molecule has 29 heavy (non-hydrogen) atoms. The highest BCUT2D eigenvalue weighted by Crippen LogP contribution is 2.48. The van der Waals surface area contributed by atoms with Gasteiger partial charge < -0.3 is 9.80 Å². The fourth-order valence-corrected chi connectivity index (χ4v) is 5.55. The van der Waals surface area contributed by atoms with Gasteiger partial charge in [0.1, 0.15) is 5.82 Å². The van der Waals surface area contributed by atoms with Crippen LogP contribution in [0.25, 0.3) is 0 Å². The summed E-state index contributed by atoms with van der Waals surface area (Å²) in [7, 11) is 1.47. The lowest BCUT2D eigenvalue weighted by molar-refractivity contribution is -0.137. The zero-order chi connectivity index (χ0) is 20.6. The van der Waals surface area contributed by atoms with Gasteiger partial charge in [-0.05, 0) is 75.4 Å². The molecule has 1 saturated heterocycles. The van der Waals surface area contributed by atoms with Crippen LogP contribution >= 0.6 is 0 Å². The number of hydrogen-bond acceptors (Lipinski definition) is 4. The molecule has 1 aromatic carbocycles. The first-order chi connectivity index (χ1) is 13.9. The monoisotopic (exact) mass is 405 g/mol. The Morgan fingerprint density at radius 2 is 1.90 bits per heavy atom. The first-order valence-electron chi connectivity index (χ1n) is 10.6. The number of hydroxylamine groups is 1. The molecule has 0 aromatic heterocycles. The van der Waals surface area contributed by atoms with Crippen molar-refractivity contribution in [1.82, 2.24) is 10.4 Å². The molecule has 0 unspecified atom stereocenters. The van der Waals surface area contributed by atoms with Crippen molar-refractivity contribution in [2.45, 2.75) is 56.9 Å².